The van der Waals surface area contributed by atoms with Crippen LogP contribution in [0.5, 0.6) is 0 Å². The molecule has 0 aromatic heterocycles. The fraction of sp³-hybridized carbons (Fsp3) is 0.174. The van der Waals surface area contributed by atoms with E-state index in [1.165, 1.54) is 21.5 Å². The molecule has 3 rings (SSSR count). The second-order valence-electron chi connectivity index (χ2n) is 6.39. The molecule has 1 aliphatic carbocycles. The summed E-state index contributed by atoms with van der Waals surface area (Å²) in [5.74, 6) is 0.243. The van der Waals surface area contributed by atoms with Crippen LogP contribution in [0, 0.1) is 0 Å². The Hall–Kier alpha value is -2.24. The first-order valence-electron chi connectivity index (χ1n) is 9.00. The molecule has 0 atom stereocenters. The van der Waals surface area contributed by atoms with Gasteiger partial charge >= 0.3 is 151 Å². The van der Waals surface area contributed by atoms with E-state index < -0.39 is 7.92 Å². The van der Waals surface area contributed by atoms with E-state index in [2.05, 4.69) is 85.8 Å². The normalized spacial score (nSPS) is 15.8. The van der Waals surface area contributed by atoms with E-state index in [0.717, 1.165) is 12.8 Å². The summed E-state index contributed by atoms with van der Waals surface area (Å²) in [7, 11) is -1.58. The molecule has 0 radical (unpaired) electrons. The zero-order chi connectivity index (χ0) is 17.5. The van der Waals surface area contributed by atoms with Crippen LogP contribution in [0.2, 0.25) is 0 Å². The predicted molar refractivity (Wildman–Crippen MR) is 112 cm³/mol. The van der Waals surface area contributed by atoms with Crippen LogP contribution in [0.15, 0.2) is 95.9 Å². The molecule has 0 spiro atoms. The van der Waals surface area contributed by atoms with Gasteiger partial charge in [0.15, 0.2) is 0 Å². The second-order valence-corrected chi connectivity index (χ2v) is 9.22. The van der Waals surface area contributed by atoms with Gasteiger partial charge in [-0.3, -0.25) is 0 Å². The van der Waals surface area contributed by atoms with E-state index in [0.29, 0.717) is 6.42 Å². The van der Waals surface area contributed by atoms with Gasteiger partial charge in [-0.2, -0.15) is 0 Å². The quantitative estimate of drug-likeness (QED) is 0.545. The maximum absolute atomic E-state index is 12.2. The van der Waals surface area contributed by atoms with Gasteiger partial charge in [0.25, 0.3) is 0 Å². The Morgan fingerprint density at radius 2 is 1.60 bits per heavy atom. The van der Waals surface area contributed by atoms with Crippen molar-refractivity contribution in [2.24, 2.45) is 0 Å². The zero-order valence-corrected chi connectivity index (χ0v) is 15.8. The molecule has 0 unspecified atom stereocenters. The topological polar surface area (TPSA) is 17.1 Å². The van der Waals surface area contributed by atoms with Gasteiger partial charge in [-0.25, -0.2) is 0 Å². The van der Waals surface area contributed by atoms with Crippen molar-refractivity contribution in [1.82, 2.24) is 0 Å². The van der Waals surface area contributed by atoms with Crippen molar-refractivity contribution in [3.8, 4) is 0 Å². The summed E-state index contributed by atoms with van der Waals surface area (Å²) in [6.45, 7) is 2.05. The van der Waals surface area contributed by atoms with Gasteiger partial charge in [0.1, 0.15) is 0 Å². The van der Waals surface area contributed by atoms with Gasteiger partial charge in [-0.05, 0) is 0 Å². The van der Waals surface area contributed by atoms with Crippen LogP contribution in [-0.4, -0.2) is 5.78 Å². The first-order chi connectivity index (χ1) is 12.3. The van der Waals surface area contributed by atoms with Crippen LogP contribution >= 0.6 is 7.92 Å². The minimum absolute atomic E-state index is 0.243. The summed E-state index contributed by atoms with van der Waals surface area (Å²) in [5, 5.41) is 4.15. The van der Waals surface area contributed by atoms with Crippen LogP contribution < -0.4 is 10.6 Å². The molecule has 0 saturated carbocycles. The average molecular weight is 348 g/mol. The molecule has 0 bridgehead atoms. The number of benzene rings is 2. The third-order valence-corrected chi connectivity index (χ3v) is 7.82. The molecule has 25 heavy (non-hydrogen) atoms. The Morgan fingerprint density at radius 1 is 1.00 bits per heavy atom. The van der Waals surface area contributed by atoms with Crippen molar-refractivity contribution >= 4 is 24.3 Å². The van der Waals surface area contributed by atoms with Crippen LogP contribution in [0.25, 0.3) is 0 Å². The van der Waals surface area contributed by atoms with Crippen molar-refractivity contribution in [3.05, 3.63) is 95.9 Å². The third kappa shape index (κ3) is 4.44. The van der Waals surface area contributed by atoms with E-state index >= 15 is 0 Å². The predicted octanol–water partition coefficient (Wildman–Crippen LogP) is 4.72. The summed E-state index contributed by atoms with van der Waals surface area (Å²) in [5.41, 5.74) is 1.20. The van der Waals surface area contributed by atoms with Gasteiger partial charge < -0.3 is 0 Å². The van der Waals surface area contributed by atoms with Gasteiger partial charge in [0, 0.05) is 0 Å². The van der Waals surface area contributed by atoms with Crippen molar-refractivity contribution in [1.29, 1.82) is 0 Å². The molecular formula is C23H25OP. The molecule has 0 saturated heterocycles. The van der Waals surface area contributed by atoms with E-state index in [9.17, 15) is 4.79 Å². The van der Waals surface area contributed by atoms with Gasteiger partial charge in [-0.15, -0.1) is 0 Å². The number of rotatable bonds is 6. The summed E-state index contributed by atoms with van der Waals surface area (Å²) in [6.07, 6.45) is 10.8. The maximum atomic E-state index is 12.2. The summed E-state index contributed by atoms with van der Waals surface area (Å²) in [6, 6.07) is 21.5. The van der Waals surface area contributed by atoms with E-state index in [-0.39, 0.29) is 5.78 Å². The number of hydrogen-bond acceptors (Lipinski definition) is 1. The molecular weight excluding hydrogens is 323 g/mol. The Kier molecular flexibility index (Phi) is 6.14. The molecule has 128 valence electrons. The number of hydrogen-bond donors (Lipinski definition) is 0. The number of carbonyl (C=O) groups excluding carboxylic acids is 1. The fourth-order valence-electron chi connectivity index (χ4n) is 3.37. The number of carbonyl (C=O) groups is 1. The minimum atomic E-state index is -1.58. The number of allylic oxidation sites excluding steroid dienone is 6. The molecule has 0 fully saturated rings. The first kappa shape index (κ1) is 17.6. The van der Waals surface area contributed by atoms with E-state index in [4.69, 9.17) is 0 Å². The van der Waals surface area contributed by atoms with Crippen LogP contribution in [0.4, 0.5) is 0 Å². The van der Waals surface area contributed by atoms with Gasteiger partial charge in [0.05, 0.1) is 0 Å². The Labute approximate surface area is 151 Å². The van der Waals surface area contributed by atoms with Crippen molar-refractivity contribution < 1.29 is 4.79 Å². The van der Waals surface area contributed by atoms with Gasteiger partial charge in [0.2, 0.25) is 0 Å². The molecule has 0 N–H and O–H groups in total. The van der Waals surface area contributed by atoms with E-state index in [1.807, 2.05) is 6.08 Å². The molecule has 0 amide bonds. The number of ketones is 1. The van der Waals surface area contributed by atoms with E-state index in [1.54, 1.807) is 0 Å². The van der Waals surface area contributed by atoms with Crippen molar-refractivity contribution in [2.75, 3.05) is 0 Å². The first-order valence-corrected chi connectivity index (χ1v) is 10.7. The third-order valence-electron chi connectivity index (χ3n) is 4.53. The SMILES string of the molecule is CCCC(=O)C=C1CC=CC=C1[PH2](c1ccccc1)c1ccccc1. The molecule has 0 heterocycles. The molecule has 0 aliphatic heterocycles. The molecule has 2 aromatic carbocycles. The summed E-state index contributed by atoms with van der Waals surface area (Å²) >= 11 is 0. The zero-order valence-electron chi connectivity index (χ0n) is 14.7. The molecule has 1 aliphatic rings. The Morgan fingerprint density at radius 3 is 2.16 bits per heavy atom. The fourth-order valence-corrected chi connectivity index (χ4v) is 6.56. The summed E-state index contributed by atoms with van der Waals surface area (Å²) in [4.78, 5) is 12.2. The molecule has 1 nitrogen and oxygen atoms in total. The average Bonchev–Trinajstić information content (AvgIpc) is 2.65. The van der Waals surface area contributed by atoms with Crippen LogP contribution in [-0.2, 0) is 4.79 Å². The molecule has 2 aromatic rings. The monoisotopic (exact) mass is 348 g/mol. The second kappa shape index (κ2) is 8.74. The Balaban J connectivity index is 2.07. The van der Waals surface area contributed by atoms with Crippen molar-refractivity contribution in [3.63, 3.8) is 0 Å². The standard InChI is InChI=1S/C23H25OP/c1-2-11-20(24)18-19-12-9-10-17-23(19)25(21-13-5-3-6-14-21)22-15-7-4-8-16-22/h3-10,13-18H,2,11-12,25H2,1H3. The molecule has 2 heteroatoms. The van der Waals surface area contributed by atoms with Crippen molar-refractivity contribution in [2.45, 2.75) is 26.2 Å². The van der Waals surface area contributed by atoms with Crippen LogP contribution in [0.3, 0.4) is 0 Å². The Bertz CT molecular complexity index is 761. The summed E-state index contributed by atoms with van der Waals surface area (Å²) < 4.78 is 0. The van der Waals surface area contributed by atoms with Crippen LogP contribution in [0.1, 0.15) is 26.2 Å². The van der Waals surface area contributed by atoms with Gasteiger partial charge in [-0.1, -0.05) is 0 Å².